The summed E-state index contributed by atoms with van der Waals surface area (Å²) in [6.45, 7) is 6.48. The molecule has 8 nitrogen and oxygen atoms in total. The molecule has 0 saturated heterocycles. The molecule has 0 radical (unpaired) electrons. The van der Waals surface area contributed by atoms with Crippen molar-refractivity contribution < 1.29 is 38.0 Å². The Morgan fingerprint density at radius 1 is 0.767 bits per heavy atom. The van der Waals surface area contributed by atoms with Crippen molar-refractivity contribution in [3.05, 3.63) is 35.4 Å². The highest BCUT2D eigenvalue weighted by Gasteiger charge is 2.24. The van der Waals surface area contributed by atoms with Crippen molar-refractivity contribution in [2.45, 2.75) is 20.8 Å². The van der Waals surface area contributed by atoms with Crippen LogP contribution in [0.1, 0.15) is 41.5 Å². The van der Waals surface area contributed by atoms with Crippen molar-refractivity contribution in [3.63, 3.8) is 0 Å². The quantitative estimate of drug-likeness (QED) is 0.308. The number of carbonyl (C=O) groups excluding carboxylic acids is 2. The number of methoxy groups -OCH3 is 2. The van der Waals surface area contributed by atoms with Gasteiger partial charge in [-0.2, -0.15) is 0 Å². The van der Waals surface area contributed by atoms with Crippen molar-refractivity contribution in [1.82, 2.24) is 0 Å². The fourth-order valence-electron chi connectivity index (χ4n) is 2.74. The maximum atomic E-state index is 13.0. The molecule has 0 fully saturated rings. The largest absolute Gasteiger partial charge is 0.496 e. The van der Waals surface area contributed by atoms with E-state index in [4.69, 9.17) is 28.4 Å². The highest BCUT2D eigenvalue weighted by Crippen LogP contribution is 2.38. The van der Waals surface area contributed by atoms with Gasteiger partial charge in [-0.25, -0.2) is 4.79 Å². The van der Waals surface area contributed by atoms with Crippen LogP contribution in [-0.2, 0) is 0 Å². The lowest BCUT2D eigenvalue weighted by molar-refractivity contribution is 0.0725. The third-order valence-electron chi connectivity index (χ3n) is 4.00. The molecule has 0 aliphatic carbocycles. The molecule has 0 aliphatic rings. The van der Waals surface area contributed by atoms with E-state index < -0.39 is 5.97 Å². The Labute approximate surface area is 175 Å². The summed E-state index contributed by atoms with van der Waals surface area (Å²) >= 11 is 0. The molecular weight excluding hydrogens is 392 g/mol. The molecule has 0 spiro atoms. The average molecular weight is 418 g/mol. The number of esters is 1. The van der Waals surface area contributed by atoms with E-state index in [9.17, 15) is 9.59 Å². The predicted molar refractivity (Wildman–Crippen MR) is 110 cm³/mol. The molecule has 2 aromatic carbocycles. The zero-order valence-corrected chi connectivity index (χ0v) is 17.8. The third kappa shape index (κ3) is 5.14. The van der Waals surface area contributed by atoms with Crippen LogP contribution < -0.4 is 28.4 Å². The van der Waals surface area contributed by atoms with Gasteiger partial charge in [0.1, 0.15) is 28.6 Å². The Bertz CT molecular complexity index is 891. The van der Waals surface area contributed by atoms with Crippen LogP contribution in [0.15, 0.2) is 24.3 Å². The van der Waals surface area contributed by atoms with Crippen LogP contribution in [0, 0.1) is 0 Å². The number of aldehydes is 1. The van der Waals surface area contributed by atoms with Gasteiger partial charge in [0.15, 0.2) is 17.8 Å². The molecule has 30 heavy (non-hydrogen) atoms. The maximum absolute atomic E-state index is 13.0. The molecule has 0 aliphatic heterocycles. The SMILES string of the molecule is CCOc1cc(C=O)c(OC(=O)c2c(OC)cc(OC)cc2OCC)cc1OCC. The lowest BCUT2D eigenvalue weighted by Gasteiger charge is -2.17. The van der Waals surface area contributed by atoms with Gasteiger partial charge in [-0.1, -0.05) is 0 Å². The van der Waals surface area contributed by atoms with Gasteiger partial charge in [0.25, 0.3) is 0 Å². The molecule has 0 atom stereocenters. The van der Waals surface area contributed by atoms with Gasteiger partial charge >= 0.3 is 5.97 Å². The van der Waals surface area contributed by atoms with Crippen LogP contribution in [0.25, 0.3) is 0 Å². The molecule has 0 saturated carbocycles. The molecule has 8 heteroatoms. The Hall–Kier alpha value is -3.42. The van der Waals surface area contributed by atoms with Crippen molar-refractivity contribution in [2.24, 2.45) is 0 Å². The van der Waals surface area contributed by atoms with Gasteiger partial charge in [-0.3, -0.25) is 4.79 Å². The minimum atomic E-state index is -0.757. The molecule has 0 amide bonds. The summed E-state index contributed by atoms with van der Waals surface area (Å²) in [5.41, 5.74) is 0.213. The number of ether oxygens (including phenoxy) is 6. The molecule has 0 aromatic heterocycles. The summed E-state index contributed by atoms with van der Waals surface area (Å²) < 4.78 is 32.7. The van der Waals surface area contributed by atoms with Gasteiger partial charge in [0.05, 0.1) is 39.6 Å². The zero-order chi connectivity index (χ0) is 22.1. The first kappa shape index (κ1) is 22.9. The van der Waals surface area contributed by atoms with Crippen LogP contribution in [0.2, 0.25) is 0 Å². The number of hydrogen-bond acceptors (Lipinski definition) is 8. The predicted octanol–water partition coefficient (Wildman–Crippen LogP) is 3.93. The molecule has 2 aromatic rings. The van der Waals surface area contributed by atoms with Crippen LogP contribution in [0.5, 0.6) is 34.5 Å². The van der Waals surface area contributed by atoms with Crippen molar-refractivity contribution in [2.75, 3.05) is 34.0 Å². The van der Waals surface area contributed by atoms with Gasteiger partial charge < -0.3 is 28.4 Å². The summed E-state index contributed by atoms with van der Waals surface area (Å²) in [5, 5.41) is 0. The van der Waals surface area contributed by atoms with Gasteiger partial charge in [0.2, 0.25) is 0 Å². The second kappa shape index (κ2) is 10.9. The third-order valence-corrected chi connectivity index (χ3v) is 4.00. The Balaban J connectivity index is 2.51. The zero-order valence-electron chi connectivity index (χ0n) is 17.8. The fraction of sp³-hybridized carbons (Fsp3) is 0.364. The van der Waals surface area contributed by atoms with Crippen LogP contribution in [0.3, 0.4) is 0 Å². The lowest BCUT2D eigenvalue weighted by atomic mass is 10.1. The summed E-state index contributed by atoms with van der Waals surface area (Å²) in [5.74, 6) is 0.932. The Morgan fingerprint density at radius 2 is 1.33 bits per heavy atom. The summed E-state index contributed by atoms with van der Waals surface area (Å²) in [4.78, 5) is 24.6. The second-order valence-corrected chi connectivity index (χ2v) is 5.85. The van der Waals surface area contributed by atoms with Crippen LogP contribution in [-0.4, -0.2) is 46.3 Å². The fourth-order valence-corrected chi connectivity index (χ4v) is 2.74. The molecule has 162 valence electrons. The molecule has 0 N–H and O–H groups in total. The molecule has 0 bridgehead atoms. The molecule has 0 unspecified atom stereocenters. The normalized spacial score (nSPS) is 10.2. The summed E-state index contributed by atoms with van der Waals surface area (Å²) in [7, 11) is 2.91. The van der Waals surface area contributed by atoms with E-state index in [2.05, 4.69) is 0 Å². The first-order chi connectivity index (χ1) is 14.5. The smallest absolute Gasteiger partial charge is 0.351 e. The summed E-state index contributed by atoms with van der Waals surface area (Å²) in [6.07, 6.45) is 0.579. The molecule has 0 heterocycles. The van der Waals surface area contributed by atoms with Crippen LogP contribution >= 0.6 is 0 Å². The van der Waals surface area contributed by atoms with Crippen molar-refractivity contribution >= 4 is 12.3 Å². The van der Waals surface area contributed by atoms with Crippen molar-refractivity contribution in [3.8, 4) is 34.5 Å². The first-order valence-corrected chi connectivity index (χ1v) is 9.52. The van der Waals surface area contributed by atoms with Gasteiger partial charge in [0, 0.05) is 18.2 Å². The highest BCUT2D eigenvalue weighted by molar-refractivity contribution is 5.98. The van der Waals surface area contributed by atoms with Crippen molar-refractivity contribution in [1.29, 1.82) is 0 Å². The number of rotatable bonds is 11. The van der Waals surface area contributed by atoms with E-state index in [1.165, 1.54) is 26.4 Å². The van der Waals surface area contributed by atoms with E-state index >= 15 is 0 Å². The monoisotopic (exact) mass is 418 g/mol. The van der Waals surface area contributed by atoms with E-state index in [1.807, 2.05) is 13.8 Å². The Kier molecular flexibility index (Phi) is 8.34. The van der Waals surface area contributed by atoms with E-state index in [-0.39, 0.29) is 28.4 Å². The van der Waals surface area contributed by atoms with E-state index in [0.717, 1.165) is 0 Å². The van der Waals surface area contributed by atoms with Crippen LogP contribution in [0.4, 0.5) is 0 Å². The number of benzene rings is 2. The number of hydrogen-bond donors (Lipinski definition) is 0. The first-order valence-electron chi connectivity index (χ1n) is 9.52. The Morgan fingerprint density at radius 3 is 1.87 bits per heavy atom. The minimum Gasteiger partial charge on any atom is -0.496 e. The maximum Gasteiger partial charge on any atom is 0.351 e. The topological polar surface area (TPSA) is 89.5 Å². The average Bonchev–Trinajstić information content (AvgIpc) is 2.75. The van der Waals surface area contributed by atoms with E-state index in [1.54, 1.807) is 19.1 Å². The minimum absolute atomic E-state index is 0.0298. The lowest BCUT2D eigenvalue weighted by Crippen LogP contribution is -2.14. The summed E-state index contributed by atoms with van der Waals surface area (Å²) in [6, 6.07) is 6.03. The second-order valence-electron chi connectivity index (χ2n) is 5.85. The molecule has 2 rings (SSSR count). The van der Waals surface area contributed by atoms with Gasteiger partial charge in [-0.05, 0) is 26.8 Å². The molecular formula is C22H26O8. The highest BCUT2D eigenvalue weighted by atomic mass is 16.5. The number of carbonyl (C=O) groups is 2. The van der Waals surface area contributed by atoms with Gasteiger partial charge in [-0.15, -0.1) is 0 Å². The standard InChI is InChI=1S/C22H26O8/c1-6-27-17-9-14(13-23)16(12-18(17)28-7-2)30-22(24)21-19(26-5)10-15(25-4)11-20(21)29-8-3/h9-13H,6-8H2,1-5H3. The van der Waals surface area contributed by atoms with E-state index in [0.29, 0.717) is 43.4 Å².